The fraction of sp³-hybridized carbons (Fsp3) is 0.423. The summed E-state index contributed by atoms with van der Waals surface area (Å²) in [6.45, 7) is 2.02. The summed E-state index contributed by atoms with van der Waals surface area (Å²) in [6.07, 6.45) is -5.91. The molecule has 3 aromatic rings. The summed E-state index contributed by atoms with van der Waals surface area (Å²) in [6, 6.07) is 14.2. The standard InChI is InChI=1S/C26H30O10/c1-2-3-11-32-16-9-10-17-18(12-16)34-25(31)24(23(17)33-14-15-7-5-4-6-8-15)36-26-22(30)21(29)20(28)19(13-27)35-26/h4-10,12,19-22,26-30H,2-3,11,13-14H2,1H3/t19-,20+,21+,22-,26+/m1/s1. The lowest BCUT2D eigenvalue weighted by atomic mass is 9.99. The molecule has 0 aliphatic carbocycles. The van der Waals surface area contributed by atoms with Crippen LogP contribution in [0.4, 0.5) is 0 Å². The number of aliphatic hydroxyl groups is 4. The Bertz CT molecular complexity index is 1190. The smallest absolute Gasteiger partial charge is 0.383 e. The average molecular weight is 503 g/mol. The Balaban J connectivity index is 1.71. The number of fused-ring (bicyclic) bond motifs is 1. The van der Waals surface area contributed by atoms with E-state index < -0.39 is 42.9 Å². The molecule has 5 atom stereocenters. The molecule has 1 aliphatic heterocycles. The van der Waals surface area contributed by atoms with Gasteiger partial charge in [0.25, 0.3) is 5.75 Å². The van der Waals surface area contributed by atoms with Crippen molar-refractivity contribution in [3.05, 3.63) is 64.5 Å². The predicted octanol–water partition coefficient (Wildman–Crippen LogP) is 1.73. The lowest BCUT2D eigenvalue weighted by Gasteiger charge is -2.39. The Labute approximate surface area is 207 Å². The maximum absolute atomic E-state index is 13.0. The molecule has 1 fully saturated rings. The highest BCUT2D eigenvalue weighted by atomic mass is 16.7. The highest BCUT2D eigenvalue weighted by Crippen LogP contribution is 2.37. The summed E-state index contributed by atoms with van der Waals surface area (Å²) in [5.74, 6) is 0.181. The van der Waals surface area contributed by atoms with Crippen LogP contribution in [0.2, 0.25) is 0 Å². The van der Waals surface area contributed by atoms with Crippen LogP contribution in [0.3, 0.4) is 0 Å². The molecule has 2 heterocycles. The molecule has 2 aromatic carbocycles. The number of ether oxygens (including phenoxy) is 4. The van der Waals surface area contributed by atoms with Gasteiger partial charge in [0.15, 0.2) is 5.75 Å². The van der Waals surface area contributed by atoms with Crippen molar-refractivity contribution in [3.8, 4) is 17.2 Å². The fourth-order valence-electron chi connectivity index (χ4n) is 3.82. The van der Waals surface area contributed by atoms with E-state index >= 15 is 0 Å². The maximum Gasteiger partial charge on any atom is 0.383 e. The summed E-state index contributed by atoms with van der Waals surface area (Å²) in [7, 11) is 0. The Kier molecular flexibility index (Phi) is 8.44. The van der Waals surface area contributed by atoms with Crippen LogP contribution in [0.25, 0.3) is 11.0 Å². The van der Waals surface area contributed by atoms with E-state index in [4.69, 9.17) is 23.4 Å². The number of rotatable bonds is 10. The van der Waals surface area contributed by atoms with E-state index in [1.54, 1.807) is 18.2 Å². The Morgan fingerprint density at radius 2 is 1.72 bits per heavy atom. The molecule has 1 aromatic heterocycles. The molecule has 36 heavy (non-hydrogen) atoms. The normalized spacial score (nSPS) is 24.0. The van der Waals surface area contributed by atoms with Gasteiger partial charge in [-0.25, -0.2) is 4.79 Å². The SMILES string of the molecule is CCCCOc1ccc2c(OCc3ccccc3)c(O[C@@H]3O[C@H](CO)[C@H](O)[C@H](O)[C@H]3O)c(=O)oc2c1. The molecule has 0 bridgehead atoms. The number of benzene rings is 2. The second kappa shape index (κ2) is 11.7. The van der Waals surface area contributed by atoms with E-state index in [1.807, 2.05) is 30.3 Å². The van der Waals surface area contributed by atoms with Gasteiger partial charge in [-0.15, -0.1) is 0 Å². The summed E-state index contributed by atoms with van der Waals surface area (Å²) in [5.41, 5.74) is 0.128. The van der Waals surface area contributed by atoms with Gasteiger partial charge in [-0.05, 0) is 24.1 Å². The van der Waals surface area contributed by atoms with Crippen LogP contribution in [0, 0.1) is 0 Å². The molecule has 4 N–H and O–H groups in total. The lowest BCUT2D eigenvalue weighted by molar-refractivity contribution is -0.278. The molecule has 4 rings (SSSR count). The first-order chi connectivity index (χ1) is 17.4. The zero-order valence-electron chi connectivity index (χ0n) is 19.8. The third-order valence-corrected chi connectivity index (χ3v) is 5.87. The van der Waals surface area contributed by atoms with Gasteiger partial charge in [0, 0.05) is 6.07 Å². The van der Waals surface area contributed by atoms with Crippen LogP contribution in [0.1, 0.15) is 25.3 Å². The summed E-state index contributed by atoms with van der Waals surface area (Å²) in [4.78, 5) is 13.0. The van der Waals surface area contributed by atoms with Gasteiger partial charge in [0.1, 0.15) is 42.4 Å². The van der Waals surface area contributed by atoms with Crippen molar-refractivity contribution in [2.45, 2.75) is 57.1 Å². The van der Waals surface area contributed by atoms with Gasteiger partial charge in [-0.2, -0.15) is 0 Å². The number of hydrogen-bond acceptors (Lipinski definition) is 10. The highest BCUT2D eigenvalue weighted by molar-refractivity contribution is 5.86. The van der Waals surface area contributed by atoms with Crippen molar-refractivity contribution < 1.29 is 43.8 Å². The maximum atomic E-state index is 13.0. The summed E-state index contributed by atoms with van der Waals surface area (Å²) < 4.78 is 28.3. The third kappa shape index (κ3) is 5.63. The van der Waals surface area contributed by atoms with E-state index in [0.717, 1.165) is 18.4 Å². The van der Waals surface area contributed by atoms with Crippen LogP contribution in [-0.4, -0.2) is 64.3 Å². The molecule has 0 saturated carbocycles. The zero-order chi connectivity index (χ0) is 25.7. The first-order valence-electron chi connectivity index (χ1n) is 11.8. The van der Waals surface area contributed by atoms with E-state index in [0.29, 0.717) is 17.7 Å². The van der Waals surface area contributed by atoms with Gasteiger partial charge in [-0.1, -0.05) is 43.7 Å². The van der Waals surface area contributed by atoms with Gasteiger partial charge < -0.3 is 43.8 Å². The van der Waals surface area contributed by atoms with E-state index in [2.05, 4.69) is 6.92 Å². The molecule has 10 nitrogen and oxygen atoms in total. The van der Waals surface area contributed by atoms with Gasteiger partial charge in [0.2, 0.25) is 6.29 Å². The zero-order valence-corrected chi connectivity index (χ0v) is 19.8. The van der Waals surface area contributed by atoms with E-state index in [-0.39, 0.29) is 23.7 Å². The molecule has 0 radical (unpaired) electrons. The molecule has 0 amide bonds. The van der Waals surface area contributed by atoms with Gasteiger partial charge >= 0.3 is 5.63 Å². The minimum Gasteiger partial charge on any atom is -0.493 e. The van der Waals surface area contributed by atoms with Crippen LogP contribution < -0.4 is 19.8 Å². The minimum atomic E-state index is -1.71. The Morgan fingerprint density at radius 3 is 2.44 bits per heavy atom. The van der Waals surface area contributed by atoms with Crippen molar-refractivity contribution in [1.29, 1.82) is 0 Å². The molecule has 0 spiro atoms. The van der Waals surface area contributed by atoms with E-state index in [1.165, 1.54) is 0 Å². The first-order valence-corrected chi connectivity index (χ1v) is 11.8. The molecule has 10 heteroatoms. The number of aliphatic hydroxyl groups excluding tert-OH is 4. The van der Waals surface area contributed by atoms with Crippen molar-refractivity contribution >= 4 is 11.0 Å². The molecule has 1 saturated heterocycles. The first kappa shape index (κ1) is 25.9. The predicted molar refractivity (Wildman–Crippen MR) is 128 cm³/mol. The lowest BCUT2D eigenvalue weighted by Crippen LogP contribution is -2.60. The molecular weight excluding hydrogens is 472 g/mol. The fourth-order valence-corrected chi connectivity index (χ4v) is 3.82. The molecule has 1 aliphatic rings. The summed E-state index contributed by atoms with van der Waals surface area (Å²) >= 11 is 0. The third-order valence-electron chi connectivity index (χ3n) is 5.87. The topological polar surface area (TPSA) is 148 Å². The van der Waals surface area contributed by atoms with Gasteiger partial charge in [0.05, 0.1) is 18.6 Å². The van der Waals surface area contributed by atoms with Gasteiger partial charge in [-0.3, -0.25) is 0 Å². The van der Waals surface area contributed by atoms with Crippen LogP contribution in [-0.2, 0) is 11.3 Å². The Hall–Kier alpha value is -3.15. The highest BCUT2D eigenvalue weighted by Gasteiger charge is 2.45. The van der Waals surface area contributed by atoms with Crippen molar-refractivity contribution in [2.75, 3.05) is 13.2 Å². The largest absolute Gasteiger partial charge is 0.493 e. The monoisotopic (exact) mass is 502 g/mol. The van der Waals surface area contributed by atoms with Crippen molar-refractivity contribution in [1.82, 2.24) is 0 Å². The second-order valence-electron chi connectivity index (χ2n) is 8.50. The Morgan fingerprint density at radius 1 is 0.944 bits per heavy atom. The molecular formula is C26H30O10. The van der Waals surface area contributed by atoms with Crippen LogP contribution in [0.5, 0.6) is 17.2 Å². The minimum absolute atomic E-state index is 0.0437. The summed E-state index contributed by atoms with van der Waals surface area (Å²) in [5, 5.41) is 40.4. The molecule has 194 valence electrons. The number of hydrogen-bond donors (Lipinski definition) is 4. The molecule has 0 unspecified atom stereocenters. The second-order valence-corrected chi connectivity index (χ2v) is 8.50. The van der Waals surface area contributed by atoms with Crippen molar-refractivity contribution in [2.24, 2.45) is 0 Å². The average Bonchev–Trinajstić information content (AvgIpc) is 2.89. The quantitative estimate of drug-likeness (QED) is 0.239. The van der Waals surface area contributed by atoms with E-state index in [9.17, 15) is 25.2 Å². The number of unbranched alkanes of at least 4 members (excludes halogenated alkanes) is 1. The van der Waals surface area contributed by atoms with Crippen molar-refractivity contribution in [3.63, 3.8) is 0 Å². The van der Waals surface area contributed by atoms with Crippen LogP contribution in [0.15, 0.2) is 57.7 Å². The van der Waals surface area contributed by atoms with Crippen LogP contribution >= 0.6 is 0 Å².